The Hall–Kier alpha value is -2.59. The van der Waals surface area contributed by atoms with Crippen molar-refractivity contribution >= 4 is 15.7 Å². The standard InChI is InChI=1S/C20H23FN4O4S/c21-17-4-2-1-3-16(17)18-5-6-19(26)25(22-18)13-20(27)24-10-8-23(9-11-24)15-7-12-30(28,29)14-15/h1-6,15H,7-14H2. The van der Waals surface area contributed by atoms with E-state index < -0.39 is 21.2 Å². The van der Waals surface area contributed by atoms with Crippen LogP contribution < -0.4 is 5.56 Å². The number of aromatic nitrogens is 2. The topological polar surface area (TPSA) is 92.6 Å². The number of piperazine rings is 1. The van der Waals surface area contributed by atoms with Crippen molar-refractivity contribution in [3.8, 4) is 11.3 Å². The van der Waals surface area contributed by atoms with E-state index in [-0.39, 0.29) is 41.3 Å². The van der Waals surface area contributed by atoms with Crippen LogP contribution in [-0.2, 0) is 21.2 Å². The molecular weight excluding hydrogens is 411 g/mol. The Kier molecular flexibility index (Phi) is 5.70. The van der Waals surface area contributed by atoms with Gasteiger partial charge in [0, 0.05) is 43.9 Å². The van der Waals surface area contributed by atoms with E-state index in [9.17, 15) is 22.4 Å². The van der Waals surface area contributed by atoms with Crippen LogP contribution in [0.15, 0.2) is 41.2 Å². The maximum absolute atomic E-state index is 14.0. The van der Waals surface area contributed by atoms with Gasteiger partial charge in [0.15, 0.2) is 9.84 Å². The molecule has 0 N–H and O–H groups in total. The number of nitrogens with zero attached hydrogens (tertiary/aromatic N) is 4. The highest BCUT2D eigenvalue weighted by Gasteiger charge is 2.34. The van der Waals surface area contributed by atoms with Crippen molar-refractivity contribution < 1.29 is 17.6 Å². The first-order valence-electron chi connectivity index (χ1n) is 9.88. The summed E-state index contributed by atoms with van der Waals surface area (Å²) >= 11 is 0. The third-order valence-electron chi connectivity index (χ3n) is 5.69. The molecule has 1 atom stereocenters. The number of rotatable bonds is 4. The summed E-state index contributed by atoms with van der Waals surface area (Å²) in [5.41, 5.74) is 0.116. The van der Waals surface area contributed by atoms with Crippen molar-refractivity contribution in [2.75, 3.05) is 37.7 Å². The van der Waals surface area contributed by atoms with Gasteiger partial charge in [0.2, 0.25) is 5.91 Å². The molecule has 2 saturated heterocycles. The van der Waals surface area contributed by atoms with Gasteiger partial charge in [-0.1, -0.05) is 12.1 Å². The summed E-state index contributed by atoms with van der Waals surface area (Å²) in [5.74, 6) is -0.284. The maximum atomic E-state index is 14.0. The summed E-state index contributed by atoms with van der Waals surface area (Å²) in [6, 6.07) is 8.86. The van der Waals surface area contributed by atoms with E-state index in [1.807, 2.05) is 0 Å². The Morgan fingerprint density at radius 2 is 1.83 bits per heavy atom. The highest BCUT2D eigenvalue weighted by molar-refractivity contribution is 7.91. The van der Waals surface area contributed by atoms with Gasteiger partial charge in [0.25, 0.3) is 5.56 Å². The van der Waals surface area contributed by atoms with Crippen LogP contribution in [0.1, 0.15) is 6.42 Å². The number of carbonyl (C=O) groups is 1. The van der Waals surface area contributed by atoms with Crippen molar-refractivity contribution in [2.24, 2.45) is 0 Å². The average Bonchev–Trinajstić information content (AvgIpc) is 3.10. The minimum absolute atomic E-state index is 0.0222. The molecule has 8 nitrogen and oxygen atoms in total. The second-order valence-corrected chi connectivity index (χ2v) is 9.90. The highest BCUT2D eigenvalue weighted by Crippen LogP contribution is 2.20. The minimum atomic E-state index is -2.95. The summed E-state index contributed by atoms with van der Waals surface area (Å²) in [7, 11) is -2.95. The minimum Gasteiger partial charge on any atom is -0.339 e. The number of hydrogen-bond acceptors (Lipinski definition) is 6. The maximum Gasteiger partial charge on any atom is 0.267 e. The molecule has 3 heterocycles. The second-order valence-electron chi connectivity index (χ2n) is 7.67. The first kappa shape index (κ1) is 20.7. The monoisotopic (exact) mass is 434 g/mol. The number of carbonyl (C=O) groups excluding carboxylic acids is 1. The summed E-state index contributed by atoms with van der Waals surface area (Å²) in [5, 5.41) is 4.17. The molecule has 10 heteroatoms. The van der Waals surface area contributed by atoms with Gasteiger partial charge in [0.05, 0.1) is 17.2 Å². The van der Waals surface area contributed by atoms with Crippen molar-refractivity contribution in [3.63, 3.8) is 0 Å². The predicted molar refractivity (Wildman–Crippen MR) is 109 cm³/mol. The van der Waals surface area contributed by atoms with Crippen molar-refractivity contribution in [1.29, 1.82) is 0 Å². The third kappa shape index (κ3) is 4.44. The molecule has 0 spiro atoms. The lowest BCUT2D eigenvalue weighted by Crippen LogP contribution is -2.53. The van der Waals surface area contributed by atoms with Crippen molar-refractivity contribution in [1.82, 2.24) is 19.6 Å². The SMILES string of the molecule is O=C(Cn1nc(-c2ccccc2F)ccc1=O)N1CCN(C2CCS(=O)(=O)C2)CC1. The zero-order valence-corrected chi connectivity index (χ0v) is 17.2. The van der Waals surface area contributed by atoms with Gasteiger partial charge in [-0.15, -0.1) is 0 Å². The predicted octanol–water partition coefficient (Wildman–Crippen LogP) is 0.381. The molecule has 1 aromatic carbocycles. The normalized spacial score (nSPS) is 21.6. The molecule has 0 bridgehead atoms. The molecule has 1 aromatic heterocycles. The number of benzene rings is 1. The van der Waals surface area contributed by atoms with Gasteiger partial charge < -0.3 is 4.90 Å². The zero-order valence-electron chi connectivity index (χ0n) is 16.4. The molecule has 30 heavy (non-hydrogen) atoms. The average molecular weight is 434 g/mol. The van der Waals surface area contributed by atoms with Crippen LogP contribution in [-0.4, -0.2) is 77.6 Å². The van der Waals surface area contributed by atoms with Gasteiger partial charge in [-0.2, -0.15) is 5.10 Å². The van der Waals surface area contributed by atoms with Crippen LogP contribution in [0.4, 0.5) is 4.39 Å². The molecule has 2 aliphatic heterocycles. The Labute approximate surface area is 173 Å². The Balaban J connectivity index is 1.41. The quantitative estimate of drug-likeness (QED) is 0.691. The third-order valence-corrected chi connectivity index (χ3v) is 7.44. The summed E-state index contributed by atoms with van der Waals surface area (Å²) in [6.07, 6.45) is 0.637. The fraction of sp³-hybridized carbons (Fsp3) is 0.450. The Morgan fingerprint density at radius 3 is 2.50 bits per heavy atom. The second kappa shape index (κ2) is 8.27. The lowest BCUT2D eigenvalue weighted by atomic mass is 10.1. The Bertz CT molecular complexity index is 1110. The van der Waals surface area contributed by atoms with Crippen molar-refractivity contribution in [3.05, 3.63) is 52.6 Å². The van der Waals surface area contributed by atoms with E-state index in [0.29, 0.717) is 32.6 Å². The largest absolute Gasteiger partial charge is 0.339 e. The number of amides is 1. The molecule has 160 valence electrons. The van der Waals surface area contributed by atoms with Gasteiger partial charge in [-0.05, 0) is 24.6 Å². The van der Waals surface area contributed by atoms with Crippen LogP contribution in [0.2, 0.25) is 0 Å². The molecule has 1 amide bonds. The van der Waals surface area contributed by atoms with Crippen LogP contribution in [0, 0.1) is 5.82 Å². The van der Waals surface area contributed by atoms with E-state index in [2.05, 4.69) is 10.00 Å². The molecule has 1 unspecified atom stereocenters. The van der Waals surface area contributed by atoms with E-state index in [1.54, 1.807) is 23.1 Å². The molecule has 2 aliphatic rings. The van der Waals surface area contributed by atoms with E-state index in [4.69, 9.17) is 0 Å². The first-order valence-corrected chi connectivity index (χ1v) is 11.7. The molecule has 2 fully saturated rings. The summed E-state index contributed by atoms with van der Waals surface area (Å²) < 4.78 is 38.5. The van der Waals surface area contributed by atoms with Crippen LogP contribution in [0.3, 0.4) is 0 Å². The van der Waals surface area contributed by atoms with Crippen molar-refractivity contribution in [2.45, 2.75) is 19.0 Å². The van der Waals surface area contributed by atoms with Crippen LogP contribution in [0.25, 0.3) is 11.3 Å². The smallest absolute Gasteiger partial charge is 0.267 e. The lowest BCUT2D eigenvalue weighted by Gasteiger charge is -2.37. The van der Waals surface area contributed by atoms with E-state index >= 15 is 0 Å². The highest BCUT2D eigenvalue weighted by atomic mass is 32.2. The number of hydrogen-bond donors (Lipinski definition) is 0. The zero-order chi connectivity index (χ0) is 21.3. The van der Waals surface area contributed by atoms with Gasteiger partial charge in [-0.3, -0.25) is 14.5 Å². The Morgan fingerprint density at radius 1 is 1.10 bits per heavy atom. The van der Waals surface area contributed by atoms with Gasteiger partial charge >= 0.3 is 0 Å². The fourth-order valence-corrected chi connectivity index (χ4v) is 5.76. The number of sulfone groups is 1. The van der Waals surface area contributed by atoms with Gasteiger partial charge in [0.1, 0.15) is 12.4 Å². The summed E-state index contributed by atoms with van der Waals surface area (Å²) in [4.78, 5) is 28.6. The number of halogens is 1. The lowest BCUT2D eigenvalue weighted by molar-refractivity contribution is -0.134. The van der Waals surface area contributed by atoms with Crippen LogP contribution >= 0.6 is 0 Å². The van der Waals surface area contributed by atoms with Crippen LogP contribution in [0.5, 0.6) is 0 Å². The first-order chi connectivity index (χ1) is 14.3. The molecule has 2 aromatic rings. The fourth-order valence-electron chi connectivity index (χ4n) is 4.00. The summed E-state index contributed by atoms with van der Waals surface area (Å²) in [6.45, 7) is 1.92. The molecule has 0 aliphatic carbocycles. The molecule has 0 radical (unpaired) electrons. The van der Waals surface area contributed by atoms with Gasteiger partial charge in [-0.25, -0.2) is 17.5 Å². The van der Waals surface area contributed by atoms with E-state index in [0.717, 1.165) is 4.68 Å². The molecular formula is C20H23FN4O4S. The molecule has 4 rings (SSSR count). The molecule has 0 saturated carbocycles. The van der Waals surface area contributed by atoms with E-state index in [1.165, 1.54) is 18.2 Å².